The maximum Gasteiger partial charge on any atom is 0.181 e. The molecular formula is C14H16N2O. The number of rotatable bonds is 5. The molecule has 1 aromatic heterocycles. The zero-order valence-corrected chi connectivity index (χ0v) is 9.67. The second kappa shape index (κ2) is 6.01. The molecule has 0 aliphatic carbocycles. The van der Waals surface area contributed by atoms with Crippen LogP contribution >= 0.6 is 0 Å². The van der Waals surface area contributed by atoms with Gasteiger partial charge in [-0.2, -0.15) is 0 Å². The van der Waals surface area contributed by atoms with Crippen molar-refractivity contribution in [2.75, 3.05) is 6.54 Å². The molecule has 17 heavy (non-hydrogen) atoms. The van der Waals surface area contributed by atoms with Gasteiger partial charge in [0.1, 0.15) is 0 Å². The Morgan fingerprint density at radius 3 is 2.41 bits per heavy atom. The highest BCUT2D eigenvalue weighted by atomic mass is 16.1. The summed E-state index contributed by atoms with van der Waals surface area (Å²) in [7, 11) is 0. The van der Waals surface area contributed by atoms with Crippen LogP contribution in [0.25, 0.3) is 0 Å². The summed E-state index contributed by atoms with van der Waals surface area (Å²) in [5.41, 5.74) is 1.34. The van der Waals surface area contributed by atoms with Crippen molar-refractivity contribution < 1.29 is 0 Å². The van der Waals surface area contributed by atoms with Crippen LogP contribution in [-0.4, -0.2) is 11.1 Å². The quantitative estimate of drug-likeness (QED) is 0.789. The molecule has 88 valence electrons. The van der Waals surface area contributed by atoms with E-state index in [-0.39, 0.29) is 5.43 Å². The van der Waals surface area contributed by atoms with Crippen LogP contribution in [0.3, 0.4) is 0 Å². The minimum Gasteiger partial charge on any atom is -0.353 e. The van der Waals surface area contributed by atoms with Crippen molar-refractivity contribution in [2.45, 2.75) is 13.1 Å². The molecule has 0 atom stereocenters. The molecule has 0 spiro atoms. The average molecular weight is 228 g/mol. The smallest absolute Gasteiger partial charge is 0.181 e. The Bertz CT molecular complexity index is 485. The Labute approximate surface area is 101 Å². The SMILES string of the molecule is O=c1ccn(CCNCc2ccccc2)cc1. The van der Waals surface area contributed by atoms with Crippen molar-refractivity contribution in [2.24, 2.45) is 0 Å². The molecule has 1 heterocycles. The molecule has 0 unspecified atom stereocenters. The summed E-state index contributed by atoms with van der Waals surface area (Å²) in [5.74, 6) is 0. The van der Waals surface area contributed by atoms with E-state index < -0.39 is 0 Å². The molecule has 0 aliphatic rings. The van der Waals surface area contributed by atoms with Crippen LogP contribution in [-0.2, 0) is 13.1 Å². The molecule has 1 aromatic carbocycles. The van der Waals surface area contributed by atoms with Crippen LogP contribution in [0.1, 0.15) is 5.56 Å². The standard InChI is InChI=1S/C14H16N2O/c17-14-6-9-16(10-7-14)11-8-15-12-13-4-2-1-3-5-13/h1-7,9-10,15H,8,11-12H2. The van der Waals surface area contributed by atoms with Gasteiger partial charge < -0.3 is 9.88 Å². The highest BCUT2D eigenvalue weighted by molar-refractivity contribution is 5.14. The fraction of sp³-hybridized carbons (Fsp3) is 0.214. The third-order valence-electron chi connectivity index (χ3n) is 2.58. The normalized spacial score (nSPS) is 10.4. The molecule has 0 saturated heterocycles. The summed E-state index contributed by atoms with van der Waals surface area (Å²) in [6, 6.07) is 13.5. The van der Waals surface area contributed by atoms with Gasteiger partial charge in [0.2, 0.25) is 0 Å². The van der Waals surface area contributed by atoms with E-state index in [1.165, 1.54) is 5.56 Å². The van der Waals surface area contributed by atoms with E-state index in [0.717, 1.165) is 19.6 Å². The molecular weight excluding hydrogens is 212 g/mol. The Hall–Kier alpha value is -1.87. The topological polar surface area (TPSA) is 34.0 Å². The van der Waals surface area contributed by atoms with Crippen LogP contribution in [0.2, 0.25) is 0 Å². The van der Waals surface area contributed by atoms with Crippen molar-refractivity contribution in [1.82, 2.24) is 9.88 Å². The molecule has 0 radical (unpaired) electrons. The summed E-state index contributed by atoms with van der Waals surface area (Å²) < 4.78 is 2.00. The maximum absolute atomic E-state index is 10.9. The summed E-state index contributed by atoms with van der Waals surface area (Å²) in [6.45, 7) is 2.63. The lowest BCUT2D eigenvalue weighted by Crippen LogP contribution is -2.19. The first-order chi connectivity index (χ1) is 8.34. The zero-order valence-electron chi connectivity index (χ0n) is 9.67. The third kappa shape index (κ3) is 3.89. The lowest BCUT2D eigenvalue weighted by Gasteiger charge is -2.07. The number of hydrogen-bond donors (Lipinski definition) is 1. The molecule has 2 rings (SSSR count). The molecule has 2 aromatic rings. The van der Waals surface area contributed by atoms with Crippen LogP contribution in [0.4, 0.5) is 0 Å². The van der Waals surface area contributed by atoms with Crippen LogP contribution in [0.15, 0.2) is 59.7 Å². The van der Waals surface area contributed by atoms with Gasteiger partial charge in [-0.15, -0.1) is 0 Å². The Morgan fingerprint density at radius 2 is 1.71 bits per heavy atom. The minimum atomic E-state index is 0.0542. The molecule has 3 nitrogen and oxygen atoms in total. The summed E-state index contributed by atoms with van der Waals surface area (Å²) in [4.78, 5) is 10.9. The monoisotopic (exact) mass is 228 g/mol. The van der Waals surface area contributed by atoms with E-state index >= 15 is 0 Å². The summed E-state index contributed by atoms with van der Waals surface area (Å²) >= 11 is 0. The van der Waals surface area contributed by atoms with Crippen molar-refractivity contribution in [3.8, 4) is 0 Å². The maximum atomic E-state index is 10.9. The number of nitrogens with zero attached hydrogens (tertiary/aromatic N) is 1. The predicted molar refractivity (Wildman–Crippen MR) is 68.9 cm³/mol. The second-order valence-electron chi connectivity index (χ2n) is 3.93. The molecule has 3 heteroatoms. The second-order valence-corrected chi connectivity index (χ2v) is 3.93. The molecule has 0 bridgehead atoms. The van der Waals surface area contributed by atoms with Crippen molar-refractivity contribution in [1.29, 1.82) is 0 Å². The van der Waals surface area contributed by atoms with E-state index in [2.05, 4.69) is 17.4 Å². The van der Waals surface area contributed by atoms with Crippen molar-refractivity contribution >= 4 is 0 Å². The number of nitrogens with one attached hydrogen (secondary N) is 1. The van der Waals surface area contributed by atoms with E-state index in [4.69, 9.17) is 0 Å². The highest BCUT2D eigenvalue weighted by Crippen LogP contribution is 1.96. The van der Waals surface area contributed by atoms with E-state index in [1.54, 1.807) is 12.1 Å². The first kappa shape index (κ1) is 11.6. The van der Waals surface area contributed by atoms with Gasteiger partial charge in [-0.1, -0.05) is 30.3 Å². The summed E-state index contributed by atoms with van der Waals surface area (Å²) in [5, 5.41) is 3.37. The molecule has 0 aliphatic heterocycles. The Balaban J connectivity index is 1.73. The van der Waals surface area contributed by atoms with Gasteiger partial charge in [0.25, 0.3) is 0 Å². The Morgan fingerprint density at radius 1 is 1.00 bits per heavy atom. The van der Waals surface area contributed by atoms with Crippen LogP contribution < -0.4 is 10.7 Å². The van der Waals surface area contributed by atoms with Gasteiger partial charge in [0, 0.05) is 44.2 Å². The fourth-order valence-corrected chi connectivity index (χ4v) is 1.63. The van der Waals surface area contributed by atoms with Gasteiger partial charge in [0.05, 0.1) is 0 Å². The first-order valence-electron chi connectivity index (χ1n) is 5.75. The fourth-order valence-electron chi connectivity index (χ4n) is 1.63. The number of aromatic nitrogens is 1. The van der Waals surface area contributed by atoms with E-state index in [9.17, 15) is 4.79 Å². The molecule has 0 fully saturated rings. The Kier molecular flexibility index (Phi) is 4.11. The number of benzene rings is 1. The highest BCUT2D eigenvalue weighted by Gasteiger charge is 1.91. The van der Waals surface area contributed by atoms with Gasteiger partial charge in [0.15, 0.2) is 5.43 Å². The molecule has 1 N–H and O–H groups in total. The number of hydrogen-bond acceptors (Lipinski definition) is 2. The van der Waals surface area contributed by atoms with E-state index in [0.29, 0.717) is 0 Å². The minimum absolute atomic E-state index is 0.0542. The molecule has 0 saturated carbocycles. The lowest BCUT2D eigenvalue weighted by atomic mass is 10.2. The van der Waals surface area contributed by atoms with Crippen molar-refractivity contribution in [3.63, 3.8) is 0 Å². The first-order valence-corrected chi connectivity index (χ1v) is 5.75. The van der Waals surface area contributed by atoms with E-state index in [1.807, 2.05) is 35.2 Å². The zero-order chi connectivity index (χ0) is 11.9. The molecule has 0 amide bonds. The van der Waals surface area contributed by atoms with Gasteiger partial charge >= 0.3 is 0 Å². The van der Waals surface area contributed by atoms with Crippen molar-refractivity contribution in [3.05, 3.63) is 70.6 Å². The number of pyridine rings is 1. The predicted octanol–water partition coefficient (Wildman–Crippen LogP) is 1.64. The summed E-state index contributed by atoms with van der Waals surface area (Å²) in [6.07, 6.45) is 3.62. The van der Waals surface area contributed by atoms with Gasteiger partial charge in [-0.3, -0.25) is 4.79 Å². The average Bonchev–Trinajstić information content (AvgIpc) is 2.38. The largest absolute Gasteiger partial charge is 0.353 e. The van der Waals surface area contributed by atoms with Gasteiger partial charge in [-0.05, 0) is 5.56 Å². The third-order valence-corrected chi connectivity index (χ3v) is 2.58. The van der Waals surface area contributed by atoms with Gasteiger partial charge in [-0.25, -0.2) is 0 Å². The lowest BCUT2D eigenvalue weighted by molar-refractivity contribution is 0.595. The van der Waals surface area contributed by atoms with Crippen LogP contribution in [0.5, 0.6) is 0 Å². The van der Waals surface area contributed by atoms with Crippen LogP contribution in [0, 0.1) is 0 Å².